The molecular weight excluding hydrogens is 445 g/mol. The van der Waals surface area contributed by atoms with Gasteiger partial charge in [-0.25, -0.2) is 4.98 Å². The van der Waals surface area contributed by atoms with Crippen LogP contribution in [0.4, 0.5) is 24.7 Å². The number of hydrogen-bond donors (Lipinski definition) is 1. The second-order valence-corrected chi connectivity index (χ2v) is 7.60. The third-order valence-corrected chi connectivity index (χ3v) is 5.55. The summed E-state index contributed by atoms with van der Waals surface area (Å²) in [6.45, 7) is 1.44. The van der Waals surface area contributed by atoms with Crippen molar-refractivity contribution in [2.24, 2.45) is 7.05 Å². The number of methoxy groups -OCH3 is 1. The van der Waals surface area contributed by atoms with Crippen molar-refractivity contribution in [3.05, 3.63) is 47.8 Å². The number of pyridine rings is 1. The van der Waals surface area contributed by atoms with Gasteiger partial charge >= 0.3 is 6.18 Å². The fourth-order valence-corrected chi connectivity index (χ4v) is 3.98. The first kappa shape index (κ1) is 23.7. The number of nitrogens with zero attached hydrogens (tertiary/aromatic N) is 3. The molecule has 1 aliphatic heterocycles. The molecule has 2 aromatic heterocycles. The largest absolute Gasteiger partial charge is 0.496 e. The Hall–Kier alpha value is -2.94. The van der Waals surface area contributed by atoms with Gasteiger partial charge in [-0.05, 0) is 43.5 Å². The van der Waals surface area contributed by atoms with Gasteiger partial charge in [-0.15, -0.1) is 12.4 Å². The van der Waals surface area contributed by atoms with E-state index in [9.17, 15) is 18.0 Å². The van der Waals surface area contributed by atoms with Crippen LogP contribution < -0.4 is 10.1 Å². The van der Waals surface area contributed by atoms with Gasteiger partial charge in [0, 0.05) is 43.6 Å². The number of piperidine rings is 1. The van der Waals surface area contributed by atoms with Gasteiger partial charge in [0.05, 0.1) is 23.8 Å². The zero-order valence-corrected chi connectivity index (χ0v) is 18.5. The second-order valence-electron chi connectivity index (χ2n) is 7.60. The Labute approximate surface area is 189 Å². The Balaban J connectivity index is 0.00000289. The molecule has 0 aliphatic carbocycles. The highest BCUT2D eigenvalue weighted by atomic mass is 35.5. The molecule has 1 fully saturated rings. The third-order valence-electron chi connectivity index (χ3n) is 5.55. The van der Waals surface area contributed by atoms with Crippen molar-refractivity contribution in [2.75, 3.05) is 25.5 Å². The van der Waals surface area contributed by atoms with Crippen LogP contribution in [0.15, 0.2) is 36.7 Å². The molecule has 1 aliphatic rings. The maximum Gasteiger partial charge on any atom is 0.420 e. The fourth-order valence-electron chi connectivity index (χ4n) is 3.98. The lowest BCUT2D eigenvalue weighted by Crippen LogP contribution is -2.35. The van der Waals surface area contributed by atoms with Crippen molar-refractivity contribution in [3.8, 4) is 5.75 Å². The van der Waals surface area contributed by atoms with Gasteiger partial charge in [0.25, 0.3) is 5.91 Å². The molecule has 0 radical (unpaired) electrons. The number of anilines is 2. The van der Waals surface area contributed by atoms with Crippen molar-refractivity contribution in [1.82, 2.24) is 14.5 Å². The van der Waals surface area contributed by atoms with Crippen LogP contribution >= 0.6 is 12.4 Å². The smallest absolute Gasteiger partial charge is 0.420 e. The van der Waals surface area contributed by atoms with Crippen molar-refractivity contribution < 1.29 is 22.7 Å². The number of amides is 1. The number of hydrogen-bond acceptors (Lipinski definition) is 4. The van der Waals surface area contributed by atoms with Crippen molar-refractivity contribution in [3.63, 3.8) is 0 Å². The van der Waals surface area contributed by atoms with E-state index in [0.29, 0.717) is 22.3 Å². The summed E-state index contributed by atoms with van der Waals surface area (Å²) in [6, 6.07) is 5.55. The lowest BCUT2D eigenvalue weighted by atomic mass is 10.1. The Kier molecular flexibility index (Phi) is 6.88. The Bertz CT molecular complexity index is 1120. The van der Waals surface area contributed by atoms with E-state index in [1.807, 2.05) is 16.5 Å². The maximum atomic E-state index is 13.4. The van der Waals surface area contributed by atoms with Gasteiger partial charge < -0.3 is 19.5 Å². The molecule has 1 aromatic carbocycles. The summed E-state index contributed by atoms with van der Waals surface area (Å²) in [6.07, 6.45) is 1.83. The molecule has 0 spiro atoms. The number of halogens is 4. The number of alkyl halides is 3. The topological polar surface area (TPSA) is 59.4 Å². The molecule has 32 heavy (non-hydrogen) atoms. The van der Waals surface area contributed by atoms with E-state index in [4.69, 9.17) is 4.74 Å². The number of aryl methyl sites for hydroxylation is 1. The van der Waals surface area contributed by atoms with Crippen LogP contribution in [0.25, 0.3) is 10.9 Å². The molecule has 1 N–H and O–H groups in total. The molecule has 10 heteroatoms. The normalized spacial score (nSPS) is 14.2. The van der Waals surface area contributed by atoms with Gasteiger partial charge in [0.1, 0.15) is 11.6 Å². The number of rotatable bonds is 4. The van der Waals surface area contributed by atoms with Gasteiger partial charge in [-0.3, -0.25) is 4.79 Å². The van der Waals surface area contributed by atoms with E-state index < -0.39 is 11.7 Å². The minimum absolute atomic E-state index is 0. The molecule has 1 amide bonds. The lowest BCUT2D eigenvalue weighted by Gasteiger charge is -2.27. The molecule has 0 atom stereocenters. The summed E-state index contributed by atoms with van der Waals surface area (Å²) in [5, 5.41) is 3.63. The molecule has 3 aromatic rings. The van der Waals surface area contributed by atoms with Crippen molar-refractivity contribution in [2.45, 2.75) is 25.4 Å². The van der Waals surface area contributed by atoms with Crippen LogP contribution in [0.2, 0.25) is 0 Å². The number of carbonyl (C=O) groups excluding carboxylic acids is 1. The van der Waals surface area contributed by atoms with Gasteiger partial charge in [0.15, 0.2) is 0 Å². The van der Waals surface area contributed by atoms with E-state index in [1.54, 1.807) is 12.3 Å². The molecule has 1 saturated heterocycles. The number of ether oxygens (including phenoxy) is 1. The van der Waals surface area contributed by atoms with Gasteiger partial charge in [-0.1, -0.05) is 0 Å². The summed E-state index contributed by atoms with van der Waals surface area (Å²) in [5.41, 5.74) is 0.528. The van der Waals surface area contributed by atoms with Crippen LogP contribution in [0.1, 0.15) is 35.2 Å². The molecule has 0 unspecified atom stereocenters. The zero-order valence-electron chi connectivity index (χ0n) is 17.7. The average molecular weight is 469 g/mol. The third kappa shape index (κ3) is 4.48. The maximum absolute atomic E-state index is 13.4. The summed E-state index contributed by atoms with van der Waals surface area (Å²) >= 11 is 0. The number of aromatic nitrogens is 2. The first-order valence-electron chi connectivity index (χ1n) is 10.0. The molecule has 0 saturated carbocycles. The average Bonchev–Trinajstić information content (AvgIpc) is 3.16. The molecule has 172 valence electrons. The van der Waals surface area contributed by atoms with Crippen molar-refractivity contribution in [1.29, 1.82) is 0 Å². The molecule has 3 heterocycles. The number of benzene rings is 1. The first-order chi connectivity index (χ1) is 14.8. The molecule has 4 rings (SSSR count). The highest BCUT2D eigenvalue weighted by Gasteiger charge is 2.34. The zero-order chi connectivity index (χ0) is 22.2. The summed E-state index contributed by atoms with van der Waals surface area (Å²) in [7, 11) is 3.03. The highest BCUT2D eigenvalue weighted by molar-refractivity contribution is 6.08. The predicted molar refractivity (Wildman–Crippen MR) is 119 cm³/mol. The van der Waals surface area contributed by atoms with Gasteiger partial charge in [-0.2, -0.15) is 13.2 Å². The molecule has 0 bridgehead atoms. The van der Waals surface area contributed by atoms with Crippen LogP contribution in [-0.4, -0.2) is 40.6 Å². The standard InChI is InChI=1S/C22H23F3N4O2.ClH/c1-28-11-8-15-19(28)16(21(30)29-9-4-3-5-10-29)13-26-20(15)27-14-6-7-18(31-2)17(12-14)22(23,24)25;/h6-8,11-13H,3-5,9-10H2,1-2H3,(H,26,27);1H. The van der Waals surface area contributed by atoms with Crippen LogP contribution in [0.5, 0.6) is 5.75 Å². The number of fused-ring (bicyclic) bond motifs is 1. The second kappa shape index (κ2) is 9.28. The summed E-state index contributed by atoms with van der Waals surface area (Å²) in [5.74, 6) is 0.0526. The molecule has 6 nitrogen and oxygen atoms in total. The number of nitrogens with one attached hydrogen (secondary N) is 1. The van der Waals surface area contributed by atoms with Crippen LogP contribution in [0.3, 0.4) is 0 Å². The van der Waals surface area contributed by atoms with Crippen LogP contribution in [0, 0.1) is 0 Å². The van der Waals surface area contributed by atoms with E-state index >= 15 is 0 Å². The minimum Gasteiger partial charge on any atom is -0.496 e. The SMILES string of the molecule is COc1ccc(Nc2ncc(C(=O)N3CCCCC3)c3c2ccn3C)cc1C(F)(F)F.Cl. The first-order valence-corrected chi connectivity index (χ1v) is 10.0. The summed E-state index contributed by atoms with van der Waals surface area (Å²) < 4.78 is 46.7. The summed E-state index contributed by atoms with van der Waals surface area (Å²) in [4.78, 5) is 19.3. The number of likely N-dealkylation sites (tertiary alicyclic amines) is 1. The number of carbonyl (C=O) groups is 1. The Morgan fingerprint density at radius 3 is 2.53 bits per heavy atom. The van der Waals surface area contributed by atoms with E-state index in [2.05, 4.69) is 10.3 Å². The van der Waals surface area contributed by atoms with Crippen molar-refractivity contribution >= 4 is 40.7 Å². The predicted octanol–water partition coefficient (Wildman–Crippen LogP) is 5.39. The van der Waals surface area contributed by atoms with E-state index in [1.165, 1.54) is 25.4 Å². The van der Waals surface area contributed by atoms with Gasteiger partial charge in [0.2, 0.25) is 0 Å². The highest BCUT2D eigenvalue weighted by Crippen LogP contribution is 2.38. The molecular formula is C22H24ClF3N4O2. The minimum atomic E-state index is -4.55. The fraction of sp³-hybridized carbons (Fsp3) is 0.364. The monoisotopic (exact) mass is 468 g/mol. The Morgan fingerprint density at radius 1 is 1.16 bits per heavy atom. The quantitative estimate of drug-likeness (QED) is 0.557. The Morgan fingerprint density at radius 2 is 1.88 bits per heavy atom. The van der Waals surface area contributed by atoms with E-state index in [0.717, 1.165) is 38.4 Å². The van der Waals surface area contributed by atoms with Crippen LogP contribution in [-0.2, 0) is 13.2 Å². The van der Waals surface area contributed by atoms with E-state index in [-0.39, 0.29) is 29.8 Å². The lowest BCUT2D eigenvalue weighted by molar-refractivity contribution is -0.138.